The van der Waals surface area contributed by atoms with E-state index >= 15 is 0 Å². The second-order valence-electron chi connectivity index (χ2n) is 0.365. The Morgan fingerprint density at radius 1 is 1.60 bits per heavy atom. The third-order valence-electron chi connectivity index (χ3n) is 0.0816. The summed E-state index contributed by atoms with van der Waals surface area (Å²) in [5.74, 6) is 0. The topological polar surface area (TPSA) is 40.5 Å². The number of aliphatic hydroxyl groups is 2. The first-order chi connectivity index (χ1) is 1.91. The average Bonchev–Trinajstić information content (AvgIpc) is 1.37. The summed E-state index contributed by atoms with van der Waals surface area (Å²) in [6.45, 7) is 0.431. The minimum atomic E-state index is -0.250. The first-order valence-corrected chi connectivity index (χ1v) is 0.983. The fraction of sp³-hybridized carbons (Fsp3) is 0.500. The molecule has 0 bridgehead atoms. The molecular weight excluding hydrogens is 79.0 g/mol. The van der Waals surface area contributed by atoms with Crippen LogP contribution in [0.2, 0.25) is 0 Å². The van der Waals surface area contributed by atoms with E-state index in [0.717, 1.165) is 0 Å². The quantitative estimate of drug-likeness (QED) is 0.395. The van der Waals surface area contributed by atoms with E-state index in [1.165, 1.54) is 0 Å². The minimum absolute atomic E-state index is 0. The van der Waals surface area contributed by atoms with Crippen molar-refractivity contribution in [3.05, 3.63) is 6.61 Å². The predicted octanol–water partition coefficient (Wildman–Crippen LogP) is -1.14. The van der Waals surface area contributed by atoms with Gasteiger partial charge in [-0.15, -0.1) is 0 Å². The van der Waals surface area contributed by atoms with Gasteiger partial charge in [-0.3, -0.25) is 0 Å². The Kier molecular flexibility index (Phi) is 16.5. The van der Waals surface area contributed by atoms with E-state index in [9.17, 15) is 0 Å². The van der Waals surface area contributed by atoms with Gasteiger partial charge in [-0.2, -0.15) is 0 Å². The van der Waals surface area contributed by atoms with Crippen molar-refractivity contribution < 1.29 is 10.2 Å². The van der Waals surface area contributed by atoms with Crippen LogP contribution >= 0.6 is 0 Å². The fourth-order valence-corrected chi connectivity index (χ4v) is 0. The summed E-state index contributed by atoms with van der Waals surface area (Å²) in [4.78, 5) is 0. The fourth-order valence-electron chi connectivity index (χ4n) is 0. The molecule has 0 saturated heterocycles. The molecule has 1 radical (unpaired) electrons. The Balaban J connectivity index is 0. The molecule has 0 saturated carbocycles. The molecule has 0 aliphatic rings. The molecule has 3 heteroatoms. The van der Waals surface area contributed by atoms with E-state index in [1.807, 2.05) is 0 Å². The monoisotopic (exact) mass is 85.0 g/mol. The maximum absolute atomic E-state index is 7.57. The van der Waals surface area contributed by atoms with Gasteiger partial charge in [0, 0.05) is 0 Å². The molecule has 0 aromatic carbocycles. The van der Waals surface area contributed by atoms with Crippen molar-refractivity contribution in [3.63, 3.8) is 0 Å². The summed E-state index contributed by atoms with van der Waals surface area (Å²) in [6, 6.07) is 0. The summed E-state index contributed by atoms with van der Waals surface area (Å²) >= 11 is 0. The summed E-state index contributed by atoms with van der Waals surface area (Å²) in [7, 11) is 0. The zero-order valence-electron chi connectivity index (χ0n) is 2.18. The summed E-state index contributed by atoms with van der Waals surface area (Å²) in [5, 5.41) is 15.1. The SMILES string of the molecule is O[CH]CO.[NaH]. The Hall–Kier alpha value is 0.920. The van der Waals surface area contributed by atoms with Crippen LogP contribution in [-0.4, -0.2) is 46.4 Å². The third-order valence-corrected chi connectivity index (χ3v) is 0.0816. The molecule has 2 nitrogen and oxygen atoms in total. The van der Waals surface area contributed by atoms with E-state index < -0.39 is 0 Å². The van der Waals surface area contributed by atoms with Crippen molar-refractivity contribution >= 4 is 29.6 Å². The average molecular weight is 85.1 g/mol. The summed E-state index contributed by atoms with van der Waals surface area (Å²) < 4.78 is 0. The molecule has 0 aliphatic heterocycles. The maximum atomic E-state index is 7.57. The molecular formula is C2H6NaO2. The number of rotatable bonds is 1. The number of aliphatic hydroxyl groups excluding tert-OH is 2. The first-order valence-electron chi connectivity index (χ1n) is 0.983. The number of hydrogen-bond donors (Lipinski definition) is 2. The summed E-state index contributed by atoms with van der Waals surface area (Å²) in [6.07, 6.45) is 0. The van der Waals surface area contributed by atoms with Crippen molar-refractivity contribution in [3.8, 4) is 0 Å². The van der Waals surface area contributed by atoms with Gasteiger partial charge in [-0.25, -0.2) is 0 Å². The van der Waals surface area contributed by atoms with Crippen LogP contribution in [0.4, 0.5) is 0 Å². The molecule has 27 valence electrons. The van der Waals surface area contributed by atoms with Crippen molar-refractivity contribution in [2.75, 3.05) is 6.61 Å². The molecule has 0 heterocycles. The van der Waals surface area contributed by atoms with Crippen LogP contribution in [0.5, 0.6) is 0 Å². The Labute approximate surface area is 53.1 Å². The van der Waals surface area contributed by atoms with Crippen LogP contribution in [0.15, 0.2) is 0 Å². The second-order valence-corrected chi connectivity index (χ2v) is 0.365. The van der Waals surface area contributed by atoms with E-state index in [-0.39, 0.29) is 36.2 Å². The molecule has 0 rings (SSSR count). The molecule has 0 unspecified atom stereocenters. The van der Waals surface area contributed by atoms with Crippen molar-refractivity contribution in [2.24, 2.45) is 0 Å². The van der Waals surface area contributed by atoms with Gasteiger partial charge in [0.25, 0.3) is 0 Å². The van der Waals surface area contributed by atoms with Crippen LogP contribution in [-0.2, 0) is 0 Å². The second kappa shape index (κ2) is 8.87. The zero-order chi connectivity index (χ0) is 3.41. The Bertz CT molecular complexity index is 9.61. The zero-order valence-corrected chi connectivity index (χ0v) is 2.18. The normalized spacial score (nSPS) is 6.00. The molecule has 2 N–H and O–H groups in total. The molecule has 0 aliphatic carbocycles. The Morgan fingerprint density at radius 3 is 1.80 bits per heavy atom. The van der Waals surface area contributed by atoms with Gasteiger partial charge < -0.3 is 10.2 Å². The molecule has 0 amide bonds. The van der Waals surface area contributed by atoms with Crippen molar-refractivity contribution in [1.29, 1.82) is 0 Å². The van der Waals surface area contributed by atoms with Crippen LogP contribution in [0.1, 0.15) is 0 Å². The molecule has 0 aromatic rings. The number of hydrogen-bond acceptors (Lipinski definition) is 2. The van der Waals surface area contributed by atoms with Crippen LogP contribution < -0.4 is 0 Å². The predicted molar refractivity (Wildman–Crippen MR) is 20.5 cm³/mol. The van der Waals surface area contributed by atoms with E-state index in [1.54, 1.807) is 0 Å². The van der Waals surface area contributed by atoms with E-state index in [2.05, 4.69) is 0 Å². The van der Waals surface area contributed by atoms with Gasteiger partial charge in [-0.1, -0.05) is 0 Å². The van der Waals surface area contributed by atoms with Crippen LogP contribution in [0.25, 0.3) is 0 Å². The molecule has 0 atom stereocenters. The van der Waals surface area contributed by atoms with Gasteiger partial charge >= 0.3 is 29.6 Å². The van der Waals surface area contributed by atoms with Crippen molar-refractivity contribution in [1.82, 2.24) is 0 Å². The molecule has 0 aromatic heterocycles. The van der Waals surface area contributed by atoms with Gasteiger partial charge in [0.1, 0.15) is 6.61 Å². The summed E-state index contributed by atoms with van der Waals surface area (Å²) in [5.41, 5.74) is 0. The van der Waals surface area contributed by atoms with E-state index in [0.29, 0.717) is 6.61 Å². The van der Waals surface area contributed by atoms with Gasteiger partial charge in [0.15, 0.2) is 0 Å². The van der Waals surface area contributed by atoms with Crippen molar-refractivity contribution in [2.45, 2.75) is 0 Å². The standard InChI is InChI=1S/C2H5O2.Na.H/c3-1-2-4;;/h1,3-4H,2H2;;. The van der Waals surface area contributed by atoms with Crippen LogP contribution in [0, 0.1) is 6.61 Å². The molecule has 0 spiro atoms. The molecule has 0 fully saturated rings. The van der Waals surface area contributed by atoms with Gasteiger partial charge in [0.2, 0.25) is 0 Å². The Morgan fingerprint density at radius 2 is 1.80 bits per heavy atom. The molecule has 5 heavy (non-hydrogen) atoms. The third kappa shape index (κ3) is 11.4. The van der Waals surface area contributed by atoms with Crippen LogP contribution in [0.3, 0.4) is 0 Å². The van der Waals surface area contributed by atoms with E-state index in [4.69, 9.17) is 10.2 Å². The first kappa shape index (κ1) is 9.33. The van der Waals surface area contributed by atoms with Gasteiger partial charge in [-0.05, 0) is 0 Å². The van der Waals surface area contributed by atoms with Gasteiger partial charge in [0.05, 0.1) is 6.61 Å².